The van der Waals surface area contributed by atoms with Crippen molar-refractivity contribution < 1.29 is 14.7 Å². The van der Waals surface area contributed by atoms with Crippen molar-refractivity contribution in [3.63, 3.8) is 0 Å². The van der Waals surface area contributed by atoms with Gasteiger partial charge in [0.15, 0.2) is 0 Å². The van der Waals surface area contributed by atoms with Gasteiger partial charge in [0.25, 0.3) is 0 Å². The van der Waals surface area contributed by atoms with Gasteiger partial charge >= 0.3 is 12.0 Å². The molecule has 1 unspecified atom stereocenters. The van der Waals surface area contributed by atoms with E-state index in [0.717, 1.165) is 31.6 Å². The highest BCUT2D eigenvalue weighted by Gasteiger charge is 2.23. The Hall–Kier alpha value is -1.26. The molecule has 1 aliphatic carbocycles. The van der Waals surface area contributed by atoms with Crippen LogP contribution in [-0.2, 0) is 4.79 Å². The number of amides is 2. The molecule has 1 saturated carbocycles. The maximum atomic E-state index is 11.7. The van der Waals surface area contributed by atoms with Crippen LogP contribution in [0.15, 0.2) is 0 Å². The number of hydrogen-bond donors (Lipinski definition) is 3. The van der Waals surface area contributed by atoms with Crippen molar-refractivity contribution in [3.05, 3.63) is 0 Å². The van der Waals surface area contributed by atoms with Crippen LogP contribution in [0.4, 0.5) is 4.79 Å². The second-order valence-corrected chi connectivity index (χ2v) is 5.04. The van der Waals surface area contributed by atoms with Crippen LogP contribution in [0.5, 0.6) is 0 Å². The van der Waals surface area contributed by atoms with Gasteiger partial charge in [-0.25, -0.2) is 9.59 Å². The molecule has 1 aliphatic rings. The first kappa shape index (κ1) is 14.8. The third-order valence-electron chi connectivity index (χ3n) is 3.77. The Morgan fingerprint density at radius 1 is 1.22 bits per heavy atom. The highest BCUT2D eigenvalue weighted by atomic mass is 16.4. The van der Waals surface area contributed by atoms with Gasteiger partial charge < -0.3 is 15.7 Å². The predicted molar refractivity (Wildman–Crippen MR) is 69.4 cm³/mol. The number of carboxylic acids is 1. The van der Waals surface area contributed by atoms with Gasteiger partial charge in [-0.3, -0.25) is 0 Å². The highest BCUT2D eigenvalue weighted by molar-refractivity contribution is 5.82. The van der Waals surface area contributed by atoms with Crippen LogP contribution in [0.25, 0.3) is 0 Å². The van der Waals surface area contributed by atoms with Crippen LogP contribution >= 0.6 is 0 Å². The molecule has 0 heterocycles. The lowest BCUT2D eigenvalue weighted by Crippen LogP contribution is -2.49. The van der Waals surface area contributed by atoms with E-state index in [4.69, 9.17) is 5.11 Å². The maximum Gasteiger partial charge on any atom is 0.326 e. The zero-order chi connectivity index (χ0) is 13.5. The Morgan fingerprint density at radius 3 is 2.28 bits per heavy atom. The average molecular weight is 256 g/mol. The Labute approximate surface area is 108 Å². The molecule has 0 aliphatic heterocycles. The van der Waals surface area contributed by atoms with Crippen LogP contribution in [0.3, 0.4) is 0 Å². The number of carbonyl (C=O) groups is 2. The van der Waals surface area contributed by atoms with E-state index >= 15 is 0 Å². The normalized spacial score (nSPS) is 25.2. The summed E-state index contributed by atoms with van der Waals surface area (Å²) in [5, 5.41) is 14.2. The second-order valence-electron chi connectivity index (χ2n) is 5.04. The van der Waals surface area contributed by atoms with Gasteiger partial charge in [-0.2, -0.15) is 0 Å². The van der Waals surface area contributed by atoms with Crippen molar-refractivity contribution in [2.24, 2.45) is 5.92 Å². The van der Waals surface area contributed by atoms with Gasteiger partial charge in [-0.05, 0) is 38.0 Å². The minimum atomic E-state index is -0.984. The molecule has 0 aromatic heterocycles. The summed E-state index contributed by atoms with van der Waals surface area (Å²) in [6.07, 6.45) is 5.89. The molecular weight excluding hydrogens is 232 g/mol. The lowest BCUT2D eigenvalue weighted by atomic mass is 9.85. The minimum Gasteiger partial charge on any atom is -0.480 e. The van der Waals surface area contributed by atoms with E-state index in [-0.39, 0.29) is 12.1 Å². The summed E-state index contributed by atoms with van der Waals surface area (Å²) in [7, 11) is 0. The molecule has 3 N–H and O–H groups in total. The van der Waals surface area contributed by atoms with Crippen molar-refractivity contribution >= 4 is 12.0 Å². The topological polar surface area (TPSA) is 78.4 Å². The van der Waals surface area contributed by atoms with Crippen LogP contribution in [0, 0.1) is 5.92 Å². The molecule has 0 radical (unpaired) electrons. The van der Waals surface area contributed by atoms with E-state index in [1.54, 1.807) is 6.92 Å². The van der Waals surface area contributed by atoms with E-state index in [9.17, 15) is 9.59 Å². The summed E-state index contributed by atoms with van der Waals surface area (Å²) < 4.78 is 0. The van der Waals surface area contributed by atoms with E-state index in [1.807, 2.05) is 0 Å². The lowest BCUT2D eigenvalue weighted by molar-refractivity contribution is -0.139. The van der Waals surface area contributed by atoms with E-state index < -0.39 is 12.0 Å². The molecule has 1 rings (SSSR count). The molecule has 0 bridgehead atoms. The molecule has 0 aromatic carbocycles. The second kappa shape index (κ2) is 7.24. The van der Waals surface area contributed by atoms with Crippen molar-refractivity contribution in [1.82, 2.24) is 10.6 Å². The summed E-state index contributed by atoms with van der Waals surface area (Å²) in [4.78, 5) is 22.4. The van der Waals surface area contributed by atoms with E-state index in [2.05, 4.69) is 17.6 Å². The van der Waals surface area contributed by atoms with Gasteiger partial charge in [-0.15, -0.1) is 0 Å². The zero-order valence-corrected chi connectivity index (χ0v) is 11.2. The summed E-state index contributed by atoms with van der Waals surface area (Å²) in [6, 6.07) is -0.958. The standard InChI is InChI=1S/C13H24N2O3/c1-3-9-5-7-10(8-6-9)14-13(18)15-11(4-2)12(16)17/h9-11H,3-8H2,1-2H3,(H,16,17)(H2,14,15,18). The molecule has 2 amide bonds. The molecule has 0 saturated heterocycles. The molecule has 5 heteroatoms. The molecular formula is C13H24N2O3. The third-order valence-corrected chi connectivity index (χ3v) is 3.77. The summed E-state index contributed by atoms with van der Waals surface area (Å²) in [6.45, 7) is 3.94. The fourth-order valence-electron chi connectivity index (χ4n) is 2.44. The van der Waals surface area contributed by atoms with Crippen LogP contribution in [0.2, 0.25) is 0 Å². The van der Waals surface area contributed by atoms with Crippen LogP contribution in [-0.4, -0.2) is 29.2 Å². The number of carbonyl (C=O) groups excluding carboxylic acids is 1. The number of aliphatic carboxylic acids is 1. The number of rotatable bonds is 5. The summed E-state index contributed by atoms with van der Waals surface area (Å²) >= 11 is 0. The fourth-order valence-corrected chi connectivity index (χ4v) is 2.44. The van der Waals surface area contributed by atoms with Gasteiger partial charge in [0, 0.05) is 6.04 Å². The Morgan fingerprint density at radius 2 is 1.83 bits per heavy atom. The molecule has 104 valence electrons. The first-order valence-corrected chi connectivity index (χ1v) is 6.86. The largest absolute Gasteiger partial charge is 0.480 e. The molecule has 0 aromatic rings. The SMILES string of the molecule is CCC1CCC(NC(=O)NC(CC)C(=O)O)CC1. The summed E-state index contributed by atoms with van der Waals surface area (Å²) in [5.41, 5.74) is 0. The van der Waals surface area contributed by atoms with E-state index in [0.29, 0.717) is 6.42 Å². The van der Waals surface area contributed by atoms with Crippen molar-refractivity contribution in [2.75, 3.05) is 0 Å². The van der Waals surface area contributed by atoms with Gasteiger partial charge in [0.1, 0.15) is 6.04 Å². The Bertz CT molecular complexity index is 286. The number of urea groups is 1. The first-order chi connectivity index (χ1) is 8.56. The molecule has 18 heavy (non-hydrogen) atoms. The smallest absolute Gasteiger partial charge is 0.326 e. The van der Waals surface area contributed by atoms with Crippen LogP contribution < -0.4 is 10.6 Å². The molecule has 0 spiro atoms. The minimum absolute atomic E-state index is 0.194. The maximum absolute atomic E-state index is 11.7. The van der Waals surface area contributed by atoms with Crippen molar-refractivity contribution in [3.8, 4) is 0 Å². The van der Waals surface area contributed by atoms with Gasteiger partial charge in [0.2, 0.25) is 0 Å². The Kier molecular flexibility index (Phi) is 5.95. The van der Waals surface area contributed by atoms with Crippen molar-refractivity contribution in [1.29, 1.82) is 0 Å². The van der Waals surface area contributed by atoms with Gasteiger partial charge in [0.05, 0.1) is 0 Å². The third kappa shape index (κ3) is 4.55. The summed E-state index contributed by atoms with van der Waals surface area (Å²) in [5.74, 6) is -0.198. The Balaban J connectivity index is 2.30. The quantitative estimate of drug-likeness (QED) is 0.705. The number of nitrogens with one attached hydrogen (secondary N) is 2. The number of carboxylic acid groups (broad SMARTS) is 1. The fraction of sp³-hybridized carbons (Fsp3) is 0.846. The zero-order valence-electron chi connectivity index (χ0n) is 11.2. The highest BCUT2D eigenvalue weighted by Crippen LogP contribution is 2.26. The number of hydrogen-bond acceptors (Lipinski definition) is 2. The average Bonchev–Trinajstić information content (AvgIpc) is 2.36. The molecule has 1 atom stereocenters. The predicted octanol–water partition coefficient (Wildman–Crippen LogP) is 2.12. The van der Waals surface area contributed by atoms with E-state index in [1.165, 1.54) is 6.42 Å². The van der Waals surface area contributed by atoms with Crippen molar-refractivity contribution in [2.45, 2.75) is 64.5 Å². The van der Waals surface area contributed by atoms with Crippen LogP contribution in [0.1, 0.15) is 52.4 Å². The monoisotopic (exact) mass is 256 g/mol. The first-order valence-electron chi connectivity index (χ1n) is 6.86. The lowest BCUT2D eigenvalue weighted by Gasteiger charge is -2.28. The van der Waals surface area contributed by atoms with Gasteiger partial charge in [-0.1, -0.05) is 20.3 Å². The molecule has 5 nitrogen and oxygen atoms in total. The molecule has 1 fully saturated rings.